The minimum atomic E-state index is -1.33. The first-order valence-corrected chi connectivity index (χ1v) is 10.6. The number of unbranched alkanes of at least 4 members (excludes halogenated alkanes) is 1. The van der Waals surface area contributed by atoms with E-state index >= 15 is 0 Å². The minimum Gasteiger partial charge on any atom is -0.480 e. The summed E-state index contributed by atoms with van der Waals surface area (Å²) in [4.78, 5) is 11.8. The number of allylic oxidation sites excluding steroid dienone is 2. The minimum absolute atomic E-state index is 0.0311. The third-order valence-corrected chi connectivity index (χ3v) is 6.63. The zero-order valence-electron chi connectivity index (χ0n) is 16.6. The summed E-state index contributed by atoms with van der Waals surface area (Å²) in [5.74, 6) is -0.977. The molecule has 1 aliphatic heterocycles. The second kappa shape index (κ2) is 9.54. The molecule has 156 valence electrons. The lowest BCUT2D eigenvalue weighted by molar-refractivity contribution is -0.148. The Morgan fingerprint density at radius 3 is 2.64 bits per heavy atom. The van der Waals surface area contributed by atoms with Crippen LogP contribution in [-0.2, 0) is 4.79 Å². The van der Waals surface area contributed by atoms with E-state index in [9.17, 15) is 9.90 Å². The van der Waals surface area contributed by atoms with Crippen molar-refractivity contribution in [2.75, 3.05) is 13.1 Å². The number of carbonyl (C=O) groups is 1. The van der Waals surface area contributed by atoms with Crippen molar-refractivity contribution in [3.8, 4) is 0 Å². The van der Waals surface area contributed by atoms with E-state index in [1.807, 2.05) is 0 Å². The zero-order chi connectivity index (χ0) is 20.1. The fraction of sp³-hybridized carbons (Fsp3) is 0.750. The van der Waals surface area contributed by atoms with Crippen LogP contribution in [0.3, 0.4) is 0 Å². The molecule has 2 aliphatic carbocycles. The van der Waals surface area contributed by atoms with Crippen molar-refractivity contribution in [3.63, 3.8) is 0 Å². The molecule has 0 aromatic rings. The van der Waals surface area contributed by atoms with Crippen molar-refractivity contribution in [1.82, 2.24) is 10.6 Å². The van der Waals surface area contributed by atoms with Gasteiger partial charge in [0.05, 0.1) is 0 Å². The van der Waals surface area contributed by atoms with Gasteiger partial charge in [0.15, 0.2) is 0 Å². The molecule has 28 heavy (non-hydrogen) atoms. The lowest BCUT2D eigenvalue weighted by Crippen LogP contribution is -2.61. The van der Waals surface area contributed by atoms with Crippen LogP contribution in [0.5, 0.6) is 0 Å². The highest BCUT2D eigenvalue weighted by Crippen LogP contribution is 2.38. The van der Waals surface area contributed by atoms with Gasteiger partial charge in [-0.25, -0.2) is 0 Å². The Balaban J connectivity index is 1.39. The molecule has 8 heteroatoms. The van der Waals surface area contributed by atoms with Crippen LogP contribution in [0.15, 0.2) is 23.3 Å². The van der Waals surface area contributed by atoms with E-state index in [0.717, 1.165) is 45.2 Å². The van der Waals surface area contributed by atoms with Crippen LogP contribution < -0.4 is 16.4 Å². The van der Waals surface area contributed by atoms with Crippen molar-refractivity contribution < 1.29 is 19.9 Å². The summed E-state index contributed by atoms with van der Waals surface area (Å²) in [6.07, 6.45) is 11.4. The van der Waals surface area contributed by atoms with E-state index in [1.165, 1.54) is 11.1 Å². The van der Waals surface area contributed by atoms with Crippen LogP contribution in [0, 0.1) is 5.92 Å². The van der Waals surface area contributed by atoms with Gasteiger partial charge in [0, 0.05) is 25.2 Å². The number of aliphatic carboxylic acids is 1. The number of rotatable bonds is 10. The van der Waals surface area contributed by atoms with E-state index in [0.29, 0.717) is 31.3 Å². The van der Waals surface area contributed by atoms with Gasteiger partial charge in [0.1, 0.15) is 5.54 Å². The number of carboxylic acids is 1. The molecule has 3 aliphatic rings. The molecule has 2 unspecified atom stereocenters. The highest BCUT2D eigenvalue weighted by atomic mass is 16.4. The Hall–Kier alpha value is -1.19. The second-order valence-electron chi connectivity index (χ2n) is 8.66. The van der Waals surface area contributed by atoms with Gasteiger partial charge in [-0.3, -0.25) is 4.79 Å². The lowest BCUT2D eigenvalue weighted by Gasteiger charge is -2.45. The molecule has 0 spiro atoms. The zero-order valence-corrected chi connectivity index (χ0v) is 16.6. The number of hydrogen-bond donors (Lipinski definition) is 6. The molecular formula is C20H34BN3O4. The smallest absolute Gasteiger partial charge is 0.451 e. The van der Waals surface area contributed by atoms with Crippen molar-refractivity contribution >= 4 is 13.1 Å². The number of nitrogens with two attached hydrogens (primary N) is 1. The maximum absolute atomic E-state index is 11.8. The summed E-state index contributed by atoms with van der Waals surface area (Å²) in [7, 11) is -1.33. The first-order chi connectivity index (χ1) is 13.4. The highest BCUT2D eigenvalue weighted by Gasteiger charge is 2.48. The molecule has 0 amide bonds. The van der Waals surface area contributed by atoms with E-state index < -0.39 is 18.6 Å². The SMILES string of the molecule is NC(CCCCB(O)O)(C(=O)O)C1CC(NCC2CC3=CCCC=C3CN2)C1. The molecule has 2 atom stereocenters. The molecule has 1 saturated carbocycles. The van der Waals surface area contributed by atoms with Crippen LogP contribution in [-0.4, -0.2) is 59.0 Å². The van der Waals surface area contributed by atoms with E-state index in [-0.39, 0.29) is 12.2 Å². The lowest BCUT2D eigenvalue weighted by atomic mass is 9.66. The summed E-state index contributed by atoms with van der Waals surface area (Å²) in [5.41, 5.74) is 7.99. The Kier molecular flexibility index (Phi) is 7.33. The van der Waals surface area contributed by atoms with Crippen LogP contribution >= 0.6 is 0 Å². The molecule has 7 nitrogen and oxygen atoms in total. The van der Waals surface area contributed by atoms with Gasteiger partial charge < -0.3 is 31.5 Å². The molecule has 2 fully saturated rings. The predicted octanol–water partition coefficient (Wildman–Crippen LogP) is 0.788. The third-order valence-electron chi connectivity index (χ3n) is 6.63. The van der Waals surface area contributed by atoms with E-state index in [2.05, 4.69) is 22.8 Å². The normalized spacial score (nSPS) is 29.0. The van der Waals surface area contributed by atoms with Crippen LogP contribution in [0.25, 0.3) is 0 Å². The molecule has 0 bridgehead atoms. The number of nitrogens with one attached hydrogen (secondary N) is 2. The Morgan fingerprint density at radius 2 is 1.96 bits per heavy atom. The van der Waals surface area contributed by atoms with Crippen LogP contribution in [0.4, 0.5) is 0 Å². The van der Waals surface area contributed by atoms with Crippen molar-refractivity contribution in [2.45, 2.75) is 75.3 Å². The molecule has 0 aromatic heterocycles. The molecule has 1 saturated heterocycles. The molecule has 0 radical (unpaired) electrons. The topological polar surface area (TPSA) is 128 Å². The Bertz CT molecular complexity index is 619. The van der Waals surface area contributed by atoms with Gasteiger partial charge in [-0.1, -0.05) is 25.0 Å². The van der Waals surface area contributed by atoms with Crippen LogP contribution in [0.1, 0.15) is 51.4 Å². The van der Waals surface area contributed by atoms with Gasteiger partial charge >= 0.3 is 13.1 Å². The average Bonchev–Trinajstić information content (AvgIpc) is 2.63. The predicted molar refractivity (Wildman–Crippen MR) is 110 cm³/mol. The van der Waals surface area contributed by atoms with Gasteiger partial charge in [-0.05, 0) is 61.9 Å². The largest absolute Gasteiger partial charge is 0.480 e. The van der Waals surface area contributed by atoms with Crippen LogP contribution in [0.2, 0.25) is 6.32 Å². The summed E-state index contributed by atoms with van der Waals surface area (Å²) in [6.45, 7) is 1.83. The fourth-order valence-electron chi connectivity index (χ4n) is 4.66. The molecule has 7 N–H and O–H groups in total. The summed E-state index contributed by atoms with van der Waals surface area (Å²) in [5, 5.41) is 34.6. The van der Waals surface area contributed by atoms with Crippen molar-refractivity contribution in [2.24, 2.45) is 11.7 Å². The van der Waals surface area contributed by atoms with E-state index in [4.69, 9.17) is 15.8 Å². The molecule has 1 heterocycles. The Morgan fingerprint density at radius 1 is 1.25 bits per heavy atom. The van der Waals surface area contributed by atoms with Gasteiger partial charge in [0.25, 0.3) is 0 Å². The number of carboxylic acid groups (broad SMARTS) is 1. The van der Waals surface area contributed by atoms with Gasteiger partial charge in [-0.15, -0.1) is 0 Å². The summed E-state index contributed by atoms with van der Waals surface area (Å²) in [6, 6.07) is 0.748. The van der Waals surface area contributed by atoms with Gasteiger partial charge in [-0.2, -0.15) is 0 Å². The summed E-state index contributed by atoms with van der Waals surface area (Å²) >= 11 is 0. The quantitative estimate of drug-likeness (QED) is 0.240. The molecular weight excluding hydrogens is 357 g/mol. The maximum atomic E-state index is 11.8. The molecule has 0 aromatic carbocycles. The standard InChI is InChI=1S/C20H34BN3O4/c22-20(19(25)26,7-3-4-8-21(27)28)16-10-17(11-16)24-13-18-9-14-5-1-2-6-15(14)12-23-18/h5-6,16-18,23-24,27-28H,1-4,7-13,22H2,(H,25,26). The van der Waals surface area contributed by atoms with E-state index in [1.54, 1.807) is 0 Å². The highest BCUT2D eigenvalue weighted by molar-refractivity contribution is 6.40. The number of piperidine rings is 1. The molecule has 3 rings (SSSR count). The number of fused-ring (bicyclic) bond motifs is 1. The maximum Gasteiger partial charge on any atom is 0.451 e. The third kappa shape index (κ3) is 5.24. The average molecular weight is 391 g/mol. The first kappa shape index (κ1) is 21.5. The summed E-state index contributed by atoms with van der Waals surface area (Å²) < 4.78 is 0. The fourth-order valence-corrected chi connectivity index (χ4v) is 4.66. The second-order valence-corrected chi connectivity index (χ2v) is 8.66. The Labute approximate surface area is 167 Å². The van der Waals surface area contributed by atoms with Crippen molar-refractivity contribution in [1.29, 1.82) is 0 Å². The monoisotopic (exact) mass is 391 g/mol. The first-order valence-electron chi connectivity index (χ1n) is 10.6. The van der Waals surface area contributed by atoms with Gasteiger partial charge in [0.2, 0.25) is 0 Å². The van der Waals surface area contributed by atoms with Crippen molar-refractivity contribution in [3.05, 3.63) is 23.3 Å². The number of hydrogen-bond acceptors (Lipinski definition) is 6.